The van der Waals surface area contributed by atoms with Crippen molar-refractivity contribution in [3.8, 4) is 28.6 Å². The monoisotopic (exact) mass is 423 g/mol. The Bertz CT molecular complexity index is 1040. The van der Waals surface area contributed by atoms with Crippen molar-refractivity contribution < 1.29 is 23.5 Å². The summed E-state index contributed by atoms with van der Waals surface area (Å²) in [4.78, 5) is 19.7. The molecule has 8 heteroatoms. The van der Waals surface area contributed by atoms with Crippen LogP contribution in [0.2, 0.25) is 0 Å². The number of hydrogen-bond donors (Lipinski definition) is 0. The van der Waals surface area contributed by atoms with E-state index in [0.29, 0.717) is 41.9 Å². The number of hydrogen-bond acceptors (Lipinski definition) is 7. The largest absolute Gasteiger partial charge is 0.497 e. The molecule has 2 aromatic carbocycles. The molecule has 162 valence electrons. The third kappa shape index (κ3) is 4.19. The van der Waals surface area contributed by atoms with Gasteiger partial charge in [-0.2, -0.15) is 4.98 Å². The lowest BCUT2D eigenvalue weighted by Crippen LogP contribution is -2.39. The number of likely N-dealkylation sites (tertiary alicyclic amines) is 1. The Hall–Kier alpha value is -3.55. The molecule has 0 bridgehead atoms. The molecule has 0 spiro atoms. The van der Waals surface area contributed by atoms with Gasteiger partial charge in [0.2, 0.25) is 11.7 Å². The summed E-state index contributed by atoms with van der Waals surface area (Å²) in [5.41, 5.74) is 1.24. The van der Waals surface area contributed by atoms with Crippen molar-refractivity contribution in [3.05, 3.63) is 53.9 Å². The smallest absolute Gasteiger partial charge is 0.261 e. The maximum Gasteiger partial charge on any atom is 0.261 e. The van der Waals surface area contributed by atoms with Crippen LogP contribution in [0.25, 0.3) is 11.4 Å². The molecule has 3 aromatic rings. The summed E-state index contributed by atoms with van der Waals surface area (Å²) in [7, 11) is 4.71. The quantitative estimate of drug-likeness (QED) is 0.596. The number of carbonyl (C=O) groups excluding carboxylic acids is 1. The van der Waals surface area contributed by atoms with Gasteiger partial charge in [0.05, 0.1) is 27.2 Å². The van der Waals surface area contributed by atoms with Gasteiger partial charge < -0.3 is 23.6 Å². The second-order valence-electron chi connectivity index (χ2n) is 7.32. The van der Waals surface area contributed by atoms with Crippen molar-refractivity contribution in [2.45, 2.75) is 18.8 Å². The van der Waals surface area contributed by atoms with E-state index in [4.69, 9.17) is 18.7 Å². The van der Waals surface area contributed by atoms with E-state index in [2.05, 4.69) is 10.1 Å². The number of methoxy groups -OCH3 is 3. The van der Waals surface area contributed by atoms with E-state index in [1.165, 1.54) is 0 Å². The van der Waals surface area contributed by atoms with Crippen molar-refractivity contribution in [3.63, 3.8) is 0 Å². The molecular weight excluding hydrogens is 398 g/mol. The lowest BCUT2D eigenvalue weighted by molar-refractivity contribution is 0.0688. The van der Waals surface area contributed by atoms with Crippen molar-refractivity contribution in [2.75, 3.05) is 34.4 Å². The maximum absolute atomic E-state index is 13.3. The van der Waals surface area contributed by atoms with Crippen molar-refractivity contribution in [1.29, 1.82) is 0 Å². The van der Waals surface area contributed by atoms with Crippen LogP contribution >= 0.6 is 0 Å². The fourth-order valence-corrected chi connectivity index (χ4v) is 3.86. The number of amides is 1. The number of aromatic nitrogens is 2. The molecule has 4 rings (SSSR count). The predicted octanol–water partition coefficient (Wildman–Crippen LogP) is 3.78. The maximum atomic E-state index is 13.3. The predicted molar refractivity (Wildman–Crippen MR) is 114 cm³/mol. The number of benzene rings is 2. The Morgan fingerprint density at radius 1 is 1.06 bits per heavy atom. The molecule has 8 nitrogen and oxygen atoms in total. The molecular formula is C23H25N3O5. The minimum Gasteiger partial charge on any atom is -0.497 e. The van der Waals surface area contributed by atoms with Gasteiger partial charge in [-0.3, -0.25) is 4.79 Å². The summed E-state index contributed by atoms with van der Waals surface area (Å²) >= 11 is 0. The standard InChI is InChI=1S/C23H25N3O5/c1-28-17-9-4-7-15(13-17)21-24-22(31-25-21)16-8-6-12-26(14-16)23(27)20-18(29-2)10-5-11-19(20)30-3/h4-5,7,9-11,13,16H,6,8,12,14H2,1-3H3/t16-/m0/s1. The highest BCUT2D eigenvalue weighted by atomic mass is 16.5. The number of carbonyl (C=O) groups is 1. The van der Waals surface area contributed by atoms with Crippen LogP contribution in [0, 0.1) is 0 Å². The van der Waals surface area contributed by atoms with E-state index in [1.807, 2.05) is 24.3 Å². The molecule has 1 aromatic heterocycles. The molecule has 0 saturated carbocycles. The van der Waals surface area contributed by atoms with Crippen LogP contribution in [0.4, 0.5) is 0 Å². The van der Waals surface area contributed by atoms with Gasteiger partial charge in [-0.25, -0.2) is 0 Å². The van der Waals surface area contributed by atoms with E-state index in [-0.39, 0.29) is 11.8 Å². The van der Waals surface area contributed by atoms with Crippen molar-refractivity contribution in [2.24, 2.45) is 0 Å². The van der Waals surface area contributed by atoms with Crippen LogP contribution in [0.1, 0.15) is 35.0 Å². The number of piperidine rings is 1. The number of nitrogens with zero attached hydrogens (tertiary/aromatic N) is 3. The van der Waals surface area contributed by atoms with Gasteiger partial charge in [0.1, 0.15) is 22.8 Å². The summed E-state index contributed by atoms with van der Waals surface area (Å²) in [6.07, 6.45) is 1.71. The Kier molecular flexibility index (Phi) is 6.06. The van der Waals surface area contributed by atoms with Crippen LogP contribution in [-0.4, -0.2) is 55.4 Å². The molecule has 0 radical (unpaired) electrons. The summed E-state index contributed by atoms with van der Waals surface area (Å²) in [6, 6.07) is 12.8. The molecule has 1 atom stereocenters. The minimum atomic E-state index is -0.133. The van der Waals surface area contributed by atoms with Gasteiger partial charge in [-0.15, -0.1) is 0 Å². The van der Waals surface area contributed by atoms with Gasteiger partial charge >= 0.3 is 0 Å². The average molecular weight is 423 g/mol. The first-order chi connectivity index (χ1) is 15.1. The molecule has 2 heterocycles. The molecule has 0 aliphatic carbocycles. The summed E-state index contributed by atoms with van der Waals surface area (Å²) < 4.78 is 21.6. The molecule has 0 unspecified atom stereocenters. The lowest BCUT2D eigenvalue weighted by atomic mass is 9.97. The van der Waals surface area contributed by atoms with Crippen LogP contribution in [-0.2, 0) is 0 Å². The minimum absolute atomic E-state index is 0.0368. The molecule has 1 aliphatic heterocycles. The van der Waals surface area contributed by atoms with E-state index in [9.17, 15) is 4.79 Å². The fraction of sp³-hybridized carbons (Fsp3) is 0.348. The lowest BCUT2D eigenvalue weighted by Gasteiger charge is -2.31. The topological polar surface area (TPSA) is 86.9 Å². The van der Waals surface area contributed by atoms with Gasteiger partial charge in [0.25, 0.3) is 5.91 Å². The first-order valence-electron chi connectivity index (χ1n) is 10.1. The van der Waals surface area contributed by atoms with E-state index < -0.39 is 0 Å². The zero-order valence-electron chi connectivity index (χ0n) is 17.8. The molecule has 1 fully saturated rings. The molecule has 0 N–H and O–H groups in total. The Morgan fingerprint density at radius 3 is 2.52 bits per heavy atom. The molecule has 1 saturated heterocycles. The molecule has 1 aliphatic rings. The van der Waals surface area contributed by atoms with Gasteiger partial charge in [-0.05, 0) is 37.1 Å². The van der Waals surface area contributed by atoms with Gasteiger partial charge in [-0.1, -0.05) is 23.4 Å². The highest BCUT2D eigenvalue weighted by Gasteiger charge is 2.31. The van der Waals surface area contributed by atoms with E-state index >= 15 is 0 Å². The first-order valence-corrected chi connectivity index (χ1v) is 10.1. The summed E-state index contributed by atoms with van der Waals surface area (Å²) in [5, 5.41) is 4.13. The first kappa shape index (κ1) is 20.7. The van der Waals surface area contributed by atoms with Crippen LogP contribution in [0.3, 0.4) is 0 Å². The van der Waals surface area contributed by atoms with E-state index in [1.54, 1.807) is 44.4 Å². The second kappa shape index (κ2) is 9.07. The third-order valence-corrected chi connectivity index (χ3v) is 5.47. The Balaban J connectivity index is 1.55. The van der Waals surface area contributed by atoms with Gasteiger partial charge in [0.15, 0.2) is 0 Å². The molecule has 1 amide bonds. The van der Waals surface area contributed by atoms with Crippen LogP contribution in [0.5, 0.6) is 17.2 Å². The average Bonchev–Trinajstić information content (AvgIpc) is 3.33. The fourth-order valence-electron chi connectivity index (χ4n) is 3.86. The normalized spacial score (nSPS) is 16.1. The zero-order chi connectivity index (χ0) is 21.8. The van der Waals surface area contributed by atoms with Gasteiger partial charge in [0, 0.05) is 18.7 Å². The van der Waals surface area contributed by atoms with Crippen molar-refractivity contribution >= 4 is 5.91 Å². The highest BCUT2D eigenvalue weighted by Crippen LogP contribution is 2.33. The Morgan fingerprint density at radius 2 is 1.81 bits per heavy atom. The van der Waals surface area contributed by atoms with Crippen LogP contribution < -0.4 is 14.2 Å². The van der Waals surface area contributed by atoms with Crippen molar-refractivity contribution in [1.82, 2.24) is 15.0 Å². The summed E-state index contributed by atoms with van der Waals surface area (Å²) in [5.74, 6) is 2.57. The second-order valence-corrected chi connectivity index (χ2v) is 7.32. The SMILES string of the molecule is COc1cccc(-c2noc([C@H]3CCCN(C(=O)c4c(OC)cccc4OC)C3)n2)c1. The summed E-state index contributed by atoms with van der Waals surface area (Å²) in [6.45, 7) is 1.13. The third-order valence-electron chi connectivity index (χ3n) is 5.47. The Labute approximate surface area is 180 Å². The van der Waals surface area contributed by atoms with Crippen LogP contribution in [0.15, 0.2) is 47.0 Å². The molecule has 31 heavy (non-hydrogen) atoms. The van der Waals surface area contributed by atoms with E-state index in [0.717, 1.165) is 24.2 Å². The number of rotatable bonds is 6. The zero-order valence-corrected chi connectivity index (χ0v) is 17.8. The highest BCUT2D eigenvalue weighted by molar-refractivity contribution is 5.99. The number of ether oxygens (including phenoxy) is 3.